The zero-order chi connectivity index (χ0) is 10.9. The second kappa shape index (κ2) is 4.37. The van der Waals surface area contributed by atoms with Gasteiger partial charge >= 0.3 is 19.8 Å². The molecule has 0 bridgehead atoms. The minimum Gasteiger partial charge on any atom is -0.230 e. The van der Waals surface area contributed by atoms with Gasteiger partial charge in [0.25, 0.3) is 0 Å². The maximum atomic E-state index is 11.0. The van der Waals surface area contributed by atoms with Gasteiger partial charge in [-0.1, -0.05) is 6.07 Å². The van der Waals surface area contributed by atoms with E-state index in [9.17, 15) is 14.6 Å². The summed E-state index contributed by atoms with van der Waals surface area (Å²) in [7, 11) is -3.97. The molecular formula is C6H5I2NO4S. The molecule has 5 nitrogen and oxygen atoms in total. The predicted octanol–water partition coefficient (Wildman–Crippen LogP) is 1.31. The predicted molar refractivity (Wildman–Crippen MR) is 64.6 cm³/mol. The van der Waals surface area contributed by atoms with Crippen molar-refractivity contribution in [2.75, 3.05) is 0 Å². The van der Waals surface area contributed by atoms with E-state index in [4.69, 9.17) is 5.14 Å². The topological polar surface area (TPSA) is 94.3 Å². The molecule has 0 saturated heterocycles. The second-order valence-corrected chi connectivity index (χ2v) is 7.33. The van der Waals surface area contributed by atoms with Crippen LogP contribution in [0.4, 0.5) is 0 Å². The second-order valence-electron chi connectivity index (χ2n) is 2.31. The van der Waals surface area contributed by atoms with Crippen LogP contribution in [0.25, 0.3) is 0 Å². The highest BCUT2D eigenvalue weighted by atomic mass is 127. The first-order valence-electron chi connectivity index (χ1n) is 3.20. The van der Waals surface area contributed by atoms with Crippen molar-refractivity contribution in [3.63, 3.8) is 0 Å². The largest absolute Gasteiger partial charge is 0.343 e. The van der Waals surface area contributed by atoms with Gasteiger partial charge in [0.15, 0.2) is 0 Å². The Hall–Kier alpha value is 0.190. The molecule has 0 aromatic heterocycles. The SMILES string of the molecule is NS(=O)(=O)c1cccc(I)c1I(=O)=O. The molecule has 1 aromatic rings. The first-order chi connectivity index (χ1) is 6.34. The third-order valence-electron chi connectivity index (χ3n) is 1.38. The van der Waals surface area contributed by atoms with Crippen molar-refractivity contribution in [1.29, 1.82) is 0 Å². The fraction of sp³-hybridized carbons (Fsp3) is 0. The first kappa shape index (κ1) is 12.3. The van der Waals surface area contributed by atoms with Crippen LogP contribution >= 0.6 is 42.4 Å². The van der Waals surface area contributed by atoms with E-state index in [1.807, 2.05) is 0 Å². The minimum absolute atomic E-state index is 0.153. The molecule has 8 heteroatoms. The third kappa shape index (κ3) is 2.61. The Kier molecular flexibility index (Phi) is 3.82. The molecule has 1 aromatic carbocycles. The summed E-state index contributed by atoms with van der Waals surface area (Å²) in [4.78, 5) is -0.320. The average molecular weight is 441 g/mol. The molecule has 0 atom stereocenters. The van der Waals surface area contributed by atoms with Gasteiger partial charge in [0, 0.05) is 3.57 Å². The number of hydrogen-bond donors (Lipinski definition) is 1. The van der Waals surface area contributed by atoms with Gasteiger partial charge in [-0.25, -0.2) is 19.7 Å². The maximum absolute atomic E-state index is 11.0. The number of primary sulfonamides is 1. The third-order valence-corrected chi connectivity index (χ3v) is 6.67. The van der Waals surface area contributed by atoms with E-state index in [0.717, 1.165) is 0 Å². The molecule has 0 spiro atoms. The molecule has 0 saturated carbocycles. The van der Waals surface area contributed by atoms with Crippen LogP contribution in [0.15, 0.2) is 23.1 Å². The Morgan fingerprint density at radius 2 is 1.86 bits per heavy atom. The molecule has 0 unspecified atom stereocenters. The molecule has 2 N–H and O–H groups in total. The van der Waals surface area contributed by atoms with Gasteiger partial charge in [-0.15, -0.1) is 0 Å². The molecule has 0 aliphatic carbocycles. The van der Waals surface area contributed by atoms with Crippen molar-refractivity contribution in [1.82, 2.24) is 0 Å². The van der Waals surface area contributed by atoms with Crippen molar-refractivity contribution in [3.05, 3.63) is 25.3 Å². The quantitative estimate of drug-likeness (QED) is 0.701. The number of nitrogens with two attached hydrogens (primary N) is 1. The van der Waals surface area contributed by atoms with Crippen LogP contribution in [0.1, 0.15) is 0 Å². The highest BCUT2D eigenvalue weighted by Crippen LogP contribution is 2.29. The summed E-state index contributed by atoms with van der Waals surface area (Å²) in [6, 6.07) is 4.16. The summed E-state index contributed by atoms with van der Waals surface area (Å²) in [6.07, 6.45) is 0. The molecule has 0 aliphatic rings. The lowest BCUT2D eigenvalue weighted by molar-refractivity contribution is 0.595. The Morgan fingerprint density at radius 3 is 2.21 bits per heavy atom. The van der Waals surface area contributed by atoms with Crippen LogP contribution in [0.5, 0.6) is 0 Å². The van der Waals surface area contributed by atoms with Crippen LogP contribution in [-0.2, 0) is 16.2 Å². The molecule has 0 fully saturated rings. The van der Waals surface area contributed by atoms with Crippen LogP contribution in [0.3, 0.4) is 0 Å². The highest BCUT2D eigenvalue weighted by Gasteiger charge is 2.19. The molecule has 14 heavy (non-hydrogen) atoms. The van der Waals surface area contributed by atoms with Crippen molar-refractivity contribution in [3.8, 4) is 0 Å². The van der Waals surface area contributed by atoms with Crippen LogP contribution in [-0.4, -0.2) is 8.42 Å². The lowest BCUT2D eigenvalue weighted by Gasteiger charge is -2.01. The Labute approximate surface area is 101 Å². The monoisotopic (exact) mass is 441 g/mol. The van der Waals surface area contributed by atoms with E-state index in [0.29, 0.717) is 3.57 Å². The lowest BCUT2D eigenvalue weighted by Crippen LogP contribution is -2.14. The molecule has 0 aliphatic heterocycles. The average Bonchev–Trinajstić information content (AvgIpc) is 2.01. The number of halogens is 2. The van der Waals surface area contributed by atoms with Gasteiger partial charge in [0.1, 0.15) is 8.47 Å². The summed E-state index contributed by atoms with van der Waals surface area (Å²) in [5.41, 5.74) is 0. The minimum atomic E-state index is -3.97. The molecule has 78 valence electrons. The summed E-state index contributed by atoms with van der Waals surface area (Å²) in [5.74, 6) is 0. The maximum Gasteiger partial charge on any atom is 0.343 e. The Morgan fingerprint density at radius 1 is 1.29 bits per heavy atom. The summed E-state index contributed by atoms with van der Waals surface area (Å²) in [6.45, 7) is 0. The molecule has 1 rings (SSSR count). The van der Waals surface area contributed by atoms with Gasteiger partial charge < -0.3 is 0 Å². The molecule has 0 radical (unpaired) electrons. The van der Waals surface area contributed by atoms with Gasteiger partial charge in [-0.2, -0.15) is 0 Å². The number of benzene rings is 1. The first-order valence-corrected chi connectivity index (χ1v) is 8.67. The van der Waals surface area contributed by atoms with Gasteiger partial charge in [0.05, 0.1) is 0 Å². The normalized spacial score (nSPS) is 11.9. The van der Waals surface area contributed by atoms with E-state index < -0.39 is 29.8 Å². The standard InChI is InChI=1S/C6H5I2NO4S/c7-4-2-1-3-5(14(9,12)13)6(4)8(10)11/h1-3H,(H2,9,12,13). The molecule has 0 heterocycles. The fourth-order valence-corrected chi connectivity index (χ4v) is 5.84. The number of hydrogen-bond acceptors (Lipinski definition) is 4. The van der Waals surface area contributed by atoms with Crippen LogP contribution in [0, 0.1) is 7.14 Å². The van der Waals surface area contributed by atoms with E-state index >= 15 is 0 Å². The van der Waals surface area contributed by atoms with Crippen molar-refractivity contribution < 1.29 is 14.6 Å². The summed E-state index contributed by atoms with van der Waals surface area (Å²) >= 11 is -2.08. The van der Waals surface area contributed by atoms with Gasteiger partial charge in [0.2, 0.25) is 10.0 Å². The smallest absolute Gasteiger partial charge is 0.230 e. The number of rotatable bonds is 2. The summed E-state index contributed by atoms with van der Waals surface area (Å²) < 4.78 is 44.1. The van der Waals surface area contributed by atoms with E-state index in [1.165, 1.54) is 18.2 Å². The van der Waals surface area contributed by atoms with E-state index in [2.05, 4.69) is 0 Å². The van der Waals surface area contributed by atoms with E-state index in [-0.39, 0.29) is 8.47 Å². The summed E-state index contributed by atoms with van der Waals surface area (Å²) in [5, 5.41) is 4.88. The van der Waals surface area contributed by atoms with Crippen molar-refractivity contribution in [2.45, 2.75) is 4.90 Å². The van der Waals surface area contributed by atoms with Crippen LogP contribution in [0.2, 0.25) is 0 Å². The van der Waals surface area contributed by atoms with Crippen molar-refractivity contribution in [2.24, 2.45) is 5.14 Å². The number of sulfonamides is 1. The van der Waals surface area contributed by atoms with E-state index in [1.54, 1.807) is 22.6 Å². The highest BCUT2D eigenvalue weighted by molar-refractivity contribution is 14.2. The van der Waals surface area contributed by atoms with Gasteiger partial charge in [-0.3, -0.25) is 0 Å². The fourth-order valence-electron chi connectivity index (χ4n) is 0.853. The zero-order valence-corrected chi connectivity index (χ0v) is 11.7. The van der Waals surface area contributed by atoms with Gasteiger partial charge in [-0.05, 0) is 34.7 Å². The lowest BCUT2D eigenvalue weighted by atomic mass is 10.4. The molecular weight excluding hydrogens is 436 g/mol. The van der Waals surface area contributed by atoms with Crippen molar-refractivity contribution >= 4 is 52.4 Å². The van der Waals surface area contributed by atoms with Crippen LogP contribution < -0.4 is 5.14 Å². The zero-order valence-electron chi connectivity index (χ0n) is 6.61. The Bertz CT molecular complexity index is 527. The molecule has 0 amide bonds. The Balaban J connectivity index is 3.69.